The number of halogens is 1. The summed E-state index contributed by atoms with van der Waals surface area (Å²) in [6, 6.07) is -0.0322. The number of urea groups is 1. The quantitative estimate of drug-likeness (QED) is 0.452. The molecule has 1 heterocycles. The first-order valence-electron chi connectivity index (χ1n) is 11.6. The number of nitrogens with zero attached hydrogens (tertiary/aromatic N) is 1. The van der Waals surface area contributed by atoms with E-state index in [1.165, 1.54) is 32.1 Å². The van der Waals surface area contributed by atoms with Crippen LogP contribution in [0.25, 0.3) is 0 Å². The van der Waals surface area contributed by atoms with Crippen LogP contribution in [-0.2, 0) is 4.74 Å². The smallest absolute Gasteiger partial charge is 0.317 e. The number of nitrogens with one attached hydrogen (secondary N) is 2. The number of unbranched alkanes of at least 4 members (excludes halogenated alkanes) is 1. The molecule has 2 amide bonds. The third-order valence-corrected chi connectivity index (χ3v) is 6.58. The fourth-order valence-corrected chi connectivity index (χ4v) is 4.88. The van der Waals surface area contributed by atoms with E-state index in [0.29, 0.717) is 31.9 Å². The van der Waals surface area contributed by atoms with E-state index < -0.39 is 11.8 Å². The van der Waals surface area contributed by atoms with Crippen LogP contribution < -0.4 is 10.6 Å². The Morgan fingerprint density at radius 1 is 1.24 bits per heavy atom. The molecule has 0 spiro atoms. The molecule has 2 aliphatic rings. The summed E-state index contributed by atoms with van der Waals surface area (Å²) in [4.78, 5) is 14.6. The third-order valence-electron chi connectivity index (χ3n) is 6.58. The van der Waals surface area contributed by atoms with Gasteiger partial charge in [0.15, 0.2) is 0 Å². The minimum Gasteiger partial charge on any atom is -0.385 e. The van der Waals surface area contributed by atoms with Crippen molar-refractivity contribution in [3.63, 3.8) is 0 Å². The van der Waals surface area contributed by atoms with Gasteiger partial charge in [-0.1, -0.05) is 32.1 Å². The number of piperidine rings is 1. The monoisotopic (exact) mass is 415 g/mol. The highest BCUT2D eigenvalue weighted by Gasteiger charge is 2.40. The number of ether oxygens (including phenoxy) is 1. The van der Waals surface area contributed by atoms with Crippen molar-refractivity contribution in [3.05, 3.63) is 0 Å². The van der Waals surface area contributed by atoms with Crippen molar-refractivity contribution in [2.24, 2.45) is 11.8 Å². The maximum atomic E-state index is 14.9. The summed E-state index contributed by atoms with van der Waals surface area (Å²) < 4.78 is 19.9. The second-order valence-electron chi connectivity index (χ2n) is 9.00. The molecule has 0 unspecified atom stereocenters. The molecule has 0 aromatic rings. The number of hydrogen-bond donors (Lipinski definition) is 3. The van der Waals surface area contributed by atoms with Gasteiger partial charge in [0, 0.05) is 51.7 Å². The Bertz CT molecular complexity index is 472. The van der Waals surface area contributed by atoms with E-state index in [4.69, 9.17) is 4.74 Å². The van der Waals surface area contributed by atoms with Crippen molar-refractivity contribution < 1.29 is 19.0 Å². The minimum atomic E-state index is -2.22. The number of rotatable bonds is 11. The van der Waals surface area contributed by atoms with Crippen LogP contribution in [0, 0.1) is 11.8 Å². The van der Waals surface area contributed by atoms with Crippen LogP contribution in [-0.4, -0.2) is 68.3 Å². The van der Waals surface area contributed by atoms with E-state index in [-0.39, 0.29) is 25.0 Å². The van der Waals surface area contributed by atoms with Crippen LogP contribution in [0.5, 0.6) is 0 Å². The number of hydrogen-bond acceptors (Lipinski definition) is 4. The van der Waals surface area contributed by atoms with Crippen LogP contribution in [0.3, 0.4) is 0 Å². The van der Waals surface area contributed by atoms with Gasteiger partial charge in [-0.3, -0.25) is 0 Å². The number of methoxy groups -OCH3 is 1. The molecule has 0 aromatic carbocycles. The zero-order valence-corrected chi connectivity index (χ0v) is 18.4. The molecule has 0 aromatic heterocycles. The van der Waals surface area contributed by atoms with Gasteiger partial charge >= 0.3 is 6.03 Å². The molecule has 1 saturated carbocycles. The molecule has 1 saturated heterocycles. The number of carbonyl (C=O) groups excluding carboxylic acids is 1. The van der Waals surface area contributed by atoms with Gasteiger partial charge in [-0.15, -0.1) is 0 Å². The van der Waals surface area contributed by atoms with Gasteiger partial charge in [0.05, 0.1) is 0 Å². The molecule has 29 heavy (non-hydrogen) atoms. The predicted octanol–water partition coefficient (Wildman–Crippen LogP) is 3.44. The standard InChI is InChI=1S/C22H42FN3O3/c1-24-16-20(15-18-9-4-3-5-10-18)25-21(27)26-13-8-11-19(17-26)22(23,28)12-6-7-14-29-2/h18-20,24,28H,3-17H2,1-2H3,(H,25,27)/t19-,20+,22+/m1/s1. The van der Waals surface area contributed by atoms with E-state index in [9.17, 15) is 14.3 Å². The van der Waals surface area contributed by atoms with Crippen LogP contribution in [0.1, 0.15) is 70.6 Å². The van der Waals surface area contributed by atoms with Crippen LogP contribution in [0.2, 0.25) is 0 Å². The third kappa shape index (κ3) is 8.38. The second-order valence-corrected chi connectivity index (χ2v) is 9.00. The molecule has 3 N–H and O–H groups in total. The summed E-state index contributed by atoms with van der Waals surface area (Å²) >= 11 is 0. The minimum absolute atomic E-state index is 0.0919. The molecule has 1 aliphatic heterocycles. The highest BCUT2D eigenvalue weighted by atomic mass is 19.2. The van der Waals surface area contributed by atoms with Crippen molar-refractivity contribution in [2.75, 3.05) is 40.4 Å². The fourth-order valence-electron chi connectivity index (χ4n) is 4.88. The molecule has 170 valence electrons. The van der Waals surface area contributed by atoms with Crippen molar-refractivity contribution >= 4 is 6.03 Å². The number of aliphatic hydroxyl groups is 1. The molecule has 7 heteroatoms. The normalized spacial score (nSPS) is 24.1. The molecule has 2 fully saturated rings. The van der Waals surface area contributed by atoms with Gasteiger partial charge < -0.3 is 25.4 Å². The number of likely N-dealkylation sites (N-methyl/N-ethyl adjacent to an activating group) is 1. The average molecular weight is 416 g/mol. The summed E-state index contributed by atoms with van der Waals surface area (Å²) in [5.74, 6) is -2.07. The number of likely N-dealkylation sites (tertiary alicyclic amines) is 1. The van der Waals surface area contributed by atoms with Crippen LogP contribution >= 0.6 is 0 Å². The molecule has 0 radical (unpaired) electrons. The lowest BCUT2D eigenvalue weighted by atomic mass is 9.85. The molecule has 1 aliphatic carbocycles. The summed E-state index contributed by atoms with van der Waals surface area (Å²) in [7, 11) is 3.53. The topological polar surface area (TPSA) is 73.8 Å². The van der Waals surface area contributed by atoms with Gasteiger partial charge in [0.1, 0.15) is 0 Å². The zero-order chi connectivity index (χ0) is 21.1. The first-order chi connectivity index (χ1) is 14.0. The van der Waals surface area contributed by atoms with E-state index in [0.717, 1.165) is 25.8 Å². The highest BCUT2D eigenvalue weighted by Crippen LogP contribution is 2.33. The lowest BCUT2D eigenvalue weighted by molar-refractivity contribution is -0.153. The van der Waals surface area contributed by atoms with Crippen LogP contribution in [0.4, 0.5) is 9.18 Å². The van der Waals surface area contributed by atoms with Gasteiger partial charge in [0.2, 0.25) is 5.85 Å². The Kier molecular flexibility index (Phi) is 10.7. The Morgan fingerprint density at radius 3 is 2.69 bits per heavy atom. The van der Waals surface area contributed by atoms with Crippen molar-refractivity contribution in [3.8, 4) is 0 Å². The zero-order valence-electron chi connectivity index (χ0n) is 18.4. The SMILES string of the molecule is CNC[C@H](CC1CCCCC1)NC(=O)N1CCC[C@@H]([C@](O)(F)CCCCOC)C1. The van der Waals surface area contributed by atoms with Gasteiger partial charge in [0.25, 0.3) is 0 Å². The molecule has 6 nitrogen and oxygen atoms in total. The largest absolute Gasteiger partial charge is 0.385 e. The maximum absolute atomic E-state index is 14.9. The second kappa shape index (κ2) is 12.7. The molecule has 0 bridgehead atoms. The summed E-state index contributed by atoms with van der Waals surface area (Å²) in [6.07, 6.45) is 10.1. The van der Waals surface area contributed by atoms with Crippen molar-refractivity contribution in [2.45, 2.75) is 82.5 Å². The van der Waals surface area contributed by atoms with Gasteiger partial charge in [-0.25, -0.2) is 9.18 Å². The maximum Gasteiger partial charge on any atom is 0.317 e. The average Bonchev–Trinajstić information content (AvgIpc) is 2.72. The van der Waals surface area contributed by atoms with Crippen molar-refractivity contribution in [1.82, 2.24) is 15.5 Å². The van der Waals surface area contributed by atoms with E-state index in [2.05, 4.69) is 10.6 Å². The van der Waals surface area contributed by atoms with Gasteiger partial charge in [-0.2, -0.15) is 0 Å². The Balaban J connectivity index is 1.84. The lowest BCUT2D eigenvalue weighted by Crippen LogP contribution is -2.53. The van der Waals surface area contributed by atoms with Crippen molar-refractivity contribution in [1.29, 1.82) is 0 Å². The van der Waals surface area contributed by atoms with E-state index in [1.807, 2.05) is 7.05 Å². The summed E-state index contributed by atoms with van der Waals surface area (Å²) in [6.45, 7) is 2.21. The van der Waals surface area contributed by atoms with E-state index in [1.54, 1.807) is 12.0 Å². The summed E-state index contributed by atoms with van der Waals surface area (Å²) in [5, 5.41) is 16.7. The number of alkyl halides is 1. The van der Waals surface area contributed by atoms with Crippen LogP contribution in [0.15, 0.2) is 0 Å². The Morgan fingerprint density at radius 2 is 2.00 bits per heavy atom. The Labute approximate surface area is 175 Å². The Hall–Kier alpha value is -0.920. The molecule has 3 atom stereocenters. The summed E-state index contributed by atoms with van der Waals surface area (Å²) in [5.41, 5.74) is 0. The number of amides is 2. The number of carbonyl (C=O) groups is 1. The molecular weight excluding hydrogens is 373 g/mol. The lowest BCUT2D eigenvalue weighted by Gasteiger charge is -2.38. The highest BCUT2D eigenvalue weighted by molar-refractivity contribution is 5.74. The van der Waals surface area contributed by atoms with E-state index >= 15 is 0 Å². The fraction of sp³-hybridized carbons (Fsp3) is 0.955. The first-order valence-corrected chi connectivity index (χ1v) is 11.6. The predicted molar refractivity (Wildman–Crippen MR) is 114 cm³/mol. The first kappa shape index (κ1) is 24.4. The molecular formula is C22H42FN3O3. The van der Waals surface area contributed by atoms with Gasteiger partial charge in [-0.05, 0) is 45.1 Å². The molecule has 2 rings (SSSR count).